The third-order valence-electron chi connectivity index (χ3n) is 3.27. The predicted molar refractivity (Wildman–Crippen MR) is 81.7 cm³/mol. The van der Waals surface area contributed by atoms with Crippen LogP contribution in [0.15, 0.2) is 18.2 Å². The number of halogens is 2. The summed E-state index contributed by atoms with van der Waals surface area (Å²) < 4.78 is 5.01. The van der Waals surface area contributed by atoms with Crippen molar-refractivity contribution in [2.45, 2.75) is 19.4 Å². The molecule has 1 aromatic rings. The molecule has 1 aliphatic heterocycles. The molecule has 1 fully saturated rings. The van der Waals surface area contributed by atoms with E-state index in [2.05, 4.69) is 5.32 Å². The number of rotatable bonds is 4. The number of carbonyl (C=O) groups excluding carboxylic acids is 2. The maximum atomic E-state index is 12.1. The van der Waals surface area contributed by atoms with Crippen LogP contribution in [0.4, 0.5) is 5.69 Å². The van der Waals surface area contributed by atoms with Gasteiger partial charge in [-0.1, -0.05) is 30.1 Å². The van der Waals surface area contributed by atoms with Gasteiger partial charge in [-0.2, -0.15) is 0 Å². The summed E-state index contributed by atoms with van der Waals surface area (Å²) in [4.78, 5) is 25.8. The lowest BCUT2D eigenvalue weighted by molar-refractivity contribution is -0.158. The van der Waals surface area contributed by atoms with Crippen LogP contribution in [0.25, 0.3) is 0 Å². The van der Waals surface area contributed by atoms with Gasteiger partial charge >= 0.3 is 5.97 Å². The standard InChI is InChI=1S/C14H16Cl2N2O3/c1-2-18-3-4-21-14(20)12(18)8-13(19)17-11-6-9(15)5-10(16)7-11/h5-7,12H,2-4,8H2,1H3,(H,17,19)/t12-/m1/s1. The van der Waals surface area contributed by atoms with Gasteiger partial charge in [0.15, 0.2) is 0 Å². The van der Waals surface area contributed by atoms with Crippen LogP contribution in [0.3, 0.4) is 0 Å². The molecule has 0 spiro atoms. The molecule has 7 heteroatoms. The molecule has 0 radical (unpaired) electrons. The van der Waals surface area contributed by atoms with Crippen LogP contribution in [0.5, 0.6) is 0 Å². The first kappa shape index (κ1) is 16.1. The van der Waals surface area contributed by atoms with Crippen LogP contribution in [-0.2, 0) is 14.3 Å². The van der Waals surface area contributed by atoms with Crippen molar-refractivity contribution in [3.05, 3.63) is 28.2 Å². The molecule has 0 unspecified atom stereocenters. The van der Waals surface area contributed by atoms with Gasteiger partial charge in [-0.3, -0.25) is 14.5 Å². The Labute approximate surface area is 133 Å². The summed E-state index contributed by atoms with van der Waals surface area (Å²) in [6.45, 7) is 3.65. The van der Waals surface area contributed by atoms with Gasteiger partial charge in [-0.05, 0) is 24.7 Å². The van der Waals surface area contributed by atoms with E-state index < -0.39 is 6.04 Å². The van der Waals surface area contributed by atoms with Gasteiger partial charge in [0.1, 0.15) is 12.6 Å². The largest absolute Gasteiger partial charge is 0.463 e. The van der Waals surface area contributed by atoms with Crippen molar-refractivity contribution in [3.63, 3.8) is 0 Å². The van der Waals surface area contributed by atoms with Crippen molar-refractivity contribution in [2.24, 2.45) is 0 Å². The van der Waals surface area contributed by atoms with Crippen molar-refractivity contribution >= 4 is 40.8 Å². The van der Waals surface area contributed by atoms with Crippen LogP contribution >= 0.6 is 23.2 Å². The van der Waals surface area contributed by atoms with E-state index in [1.54, 1.807) is 18.2 Å². The van der Waals surface area contributed by atoms with Crippen LogP contribution in [-0.4, -0.2) is 42.5 Å². The highest BCUT2D eigenvalue weighted by Gasteiger charge is 2.32. The maximum absolute atomic E-state index is 12.1. The number of anilines is 1. The van der Waals surface area contributed by atoms with E-state index in [1.165, 1.54) is 0 Å². The summed E-state index contributed by atoms with van der Waals surface area (Å²) in [5.74, 6) is -0.641. The summed E-state index contributed by atoms with van der Waals surface area (Å²) in [5.41, 5.74) is 0.504. The van der Waals surface area contributed by atoms with Gasteiger partial charge in [0.25, 0.3) is 0 Å². The van der Waals surface area contributed by atoms with E-state index in [0.29, 0.717) is 35.4 Å². The Balaban J connectivity index is 2.01. The molecule has 1 heterocycles. The number of carbonyl (C=O) groups is 2. The quantitative estimate of drug-likeness (QED) is 0.862. The lowest BCUT2D eigenvalue weighted by atomic mass is 10.1. The molecule has 0 aliphatic carbocycles. The van der Waals surface area contributed by atoms with E-state index >= 15 is 0 Å². The molecular weight excluding hydrogens is 315 g/mol. The number of hydrogen-bond donors (Lipinski definition) is 1. The second-order valence-corrected chi connectivity index (χ2v) is 5.60. The fourth-order valence-electron chi connectivity index (χ4n) is 2.27. The molecule has 0 aromatic heterocycles. The zero-order valence-electron chi connectivity index (χ0n) is 11.6. The van der Waals surface area contributed by atoms with Gasteiger partial charge in [0.2, 0.25) is 5.91 Å². The number of benzene rings is 1. The van der Waals surface area contributed by atoms with Crippen LogP contribution in [0.1, 0.15) is 13.3 Å². The Bertz CT molecular complexity index is 531. The van der Waals surface area contributed by atoms with Crippen molar-refractivity contribution in [1.29, 1.82) is 0 Å². The van der Waals surface area contributed by atoms with Crippen LogP contribution < -0.4 is 5.32 Å². The summed E-state index contributed by atoms with van der Waals surface area (Å²) in [5, 5.41) is 3.56. The highest BCUT2D eigenvalue weighted by molar-refractivity contribution is 6.35. The minimum absolute atomic E-state index is 0.0385. The first-order valence-corrected chi connectivity index (χ1v) is 7.42. The monoisotopic (exact) mass is 330 g/mol. The number of likely N-dealkylation sites (N-methyl/N-ethyl adjacent to an activating group) is 1. The maximum Gasteiger partial charge on any atom is 0.323 e. The third-order valence-corrected chi connectivity index (χ3v) is 3.70. The minimum atomic E-state index is -0.543. The van der Waals surface area contributed by atoms with Crippen LogP contribution in [0, 0.1) is 0 Å². The normalized spacial score (nSPS) is 19.2. The van der Waals surface area contributed by atoms with E-state index in [0.717, 1.165) is 0 Å². The molecule has 1 atom stereocenters. The Morgan fingerprint density at radius 3 is 2.67 bits per heavy atom. The fraction of sp³-hybridized carbons (Fsp3) is 0.429. The number of hydrogen-bond acceptors (Lipinski definition) is 4. The molecule has 0 bridgehead atoms. The molecule has 5 nitrogen and oxygen atoms in total. The Morgan fingerprint density at radius 1 is 1.38 bits per heavy atom. The van der Waals surface area contributed by atoms with Crippen molar-refractivity contribution in [2.75, 3.05) is 25.0 Å². The lowest BCUT2D eigenvalue weighted by Gasteiger charge is -2.32. The van der Waals surface area contributed by atoms with E-state index in [4.69, 9.17) is 27.9 Å². The lowest BCUT2D eigenvalue weighted by Crippen LogP contribution is -2.50. The molecule has 21 heavy (non-hydrogen) atoms. The molecule has 1 aromatic carbocycles. The van der Waals surface area contributed by atoms with E-state index in [9.17, 15) is 9.59 Å². The van der Waals surface area contributed by atoms with Gasteiger partial charge in [0.05, 0.1) is 6.42 Å². The predicted octanol–water partition coefficient (Wildman–Crippen LogP) is 2.57. The summed E-state index contributed by atoms with van der Waals surface area (Å²) in [6, 6.07) is 4.23. The highest BCUT2D eigenvalue weighted by Crippen LogP contribution is 2.23. The molecule has 0 saturated carbocycles. The number of morpholine rings is 1. The fourth-order valence-corrected chi connectivity index (χ4v) is 2.80. The van der Waals surface area contributed by atoms with Crippen molar-refractivity contribution in [1.82, 2.24) is 4.90 Å². The first-order valence-electron chi connectivity index (χ1n) is 6.66. The number of ether oxygens (including phenoxy) is 1. The molecular formula is C14H16Cl2N2O3. The molecule has 1 aliphatic rings. The van der Waals surface area contributed by atoms with E-state index in [-0.39, 0.29) is 18.3 Å². The zero-order chi connectivity index (χ0) is 15.4. The van der Waals surface area contributed by atoms with Gasteiger partial charge < -0.3 is 10.1 Å². The average Bonchev–Trinajstić information content (AvgIpc) is 2.39. The van der Waals surface area contributed by atoms with Crippen LogP contribution in [0.2, 0.25) is 10.0 Å². The average molecular weight is 331 g/mol. The van der Waals surface area contributed by atoms with Crippen molar-refractivity contribution < 1.29 is 14.3 Å². The molecule has 1 amide bonds. The summed E-state index contributed by atoms with van der Waals surface area (Å²) in [6.07, 6.45) is 0.0385. The Morgan fingerprint density at radius 2 is 2.05 bits per heavy atom. The smallest absolute Gasteiger partial charge is 0.323 e. The second kappa shape index (κ2) is 7.11. The first-order chi connectivity index (χ1) is 9.99. The SMILES string of the molecule is CCN1CCOC(=O)[C@H]1CC(=O)Nc1cc(Cl)cc(Cl)c1. The number of nitrogens with one attached hydrogen (secondary N) is 1. The highest BCUT2D eigenvalue weighted by atomic mass is 35.5. The summed E-state index contributed by atoms with van der Waals surface area (Å²) >= 11 is 11.8. The van der Waals surface area contributed by atoms with Gasteiger partial charge in [0, 0.05) is 22.3 Å². The zero-order valence-corrected chi connectivity index (χ0v) is 13.1. The Kier molecular flexibility index (Phi) is 5.45. The van der Waals surface area contributed by atoms with Gasteiger partial charge in [-0.25, -0.2) is 0 Å². The Hall–Kier alpha value is -1.30. The topological polar surface area (TPSA) is 58.6 Å². The summed E-state index contributed by atoms with van der Waals surface area (Å²) in [7, 11) is 0. The van der Waals surface area contributed by atoms with E-state index in [1.807, 2.05) is 11.8 Å². The molecule has 114 valence electrons. The number of esters is 1. The molecule has 2 rings (SSSR count). The number of amides is 1. The molecule has 1 N–H and O–H groups in total. The second-order valence-electron chi connectivity index (χ2n) is 4.72. The minimum Gasteiger partial charge on any atom is -0.463 e. The third kappa shape index (κ3) is 4.33. The molecule has 1 saturated heterocycles. The number of nitrogens with zero attached hydrogens (tertiary/aromatic N) is 1. The van der Waals surface area contributed by atoms with Crippen molar-refractivity contribution in [3.8, 4) is 0 Å². The van der Waals surface area contributed by atoms with Gasteiger partial charge in [-0.15, -0.1) is 0 Å². The number of cyclic esters (lactones) is 1.